The molecule has 0 heterocycles. The molecule has 0 unspecified atom stereocenters. The molecule has 0 aliphatic heterocycles. The van der Waals surface area contributed by atoms with E-state index < -0.39 is 0 Å². The zero-order valence-electron chi connectivity index (χ0n) is 53.5. The van der Waals surface area contributed by atoms with Gasteiger partial charge in [-0.2, -0.15) is 0 Å². The third-order valence-electron chi connectivity index (χ3n) is 19.4. The first kappa shape index (κ1) is 57.5. The molecular weight excluding hydrogens is 1160 g/mol. The van der Waals surface area contributed by atoms with Gasteiger partial charge >= 0.3 is 0 Å². The first-order valence-electron chi connectivity index (χ1n) is 33.2. The van der Waals surface area contributed by atoms with Crippen LogP contribution in [0.5, 0.6) is 0 Å². The SMILES string of the molecule is Cc1ccc(N(c2ccccc2)c2ccc3ccc4c(N(c5ccccc5)c5ccc(C)cc5)ccc5ccc2c3c54)cc1.c1ccc(-c2ccccc2-c2c3ccccc3c(-c3c4ccccc4c(-c4ccccc4-c4ccccc4)c4ccccc34)c3ccccc23)cc1. The van der Waals surface area contributed by atoms with E-state index in [1.165, 1.54) is 154 Å². The Morgan fingerprint density at radius 1 is 0.177 bits per heavy atom. The van der Waals surface area contributed by atoms with Gasteiger partial charge in [0.05, 0.1) is 11.4 Å². The predicted octanol–water partition coefficient (Wildman–Crippen LogP) is 26.8. The van der Waals surface area contributed by atoms with Crippen LogP contribution in [0.25, 0.3) is 131 Å². The highest BCUT2D eigenvalue weighted by molar-refractivity contribution is 6.31. The van der Waals surface area contributed by atoms with E-state index >= 15 is 0 Å². The topological polar surface area (TPSA) is 6.48 Å². The molecule has 0 saturated carbocycles. The fraction of sp³-hybridized carbons (Fsp3) is 0.0213. The summed E-state index contributed by atoms with van der Waals surface area (Å²) in [7, 11) is 0. The van der Waals surface area contributed by atoms with Gasteiger partial charge in [0.15, 0.2) is 0 Å². The van der Waals surface area contributed by atoms with Crippen LogP contribution in [0, 0.1) is 13.8 Å². The molecule has 18 aromatic carbocycles. The summed E-state index contributed by atoms with van der Waals surface area (Å²) in [5.41, 5.74) is 21.9. The Kier molecular flexibility index (Phi) is 14.7. The third-order valence-corrected chi connectivity index (χ3v) is 19.4. The average Bonchev–Trinajstić information content (AvgIpc) is 0.714. The Morgan fingerprint density at radius 2 is 0.427 bits per heavy atom. The summed E-state index contributed by atoms with van der Waals surface area (Å²) >= 11 is 0. The lowest BCUT2D eigenvalue weighted by Crippen LogP contribution is -2.11. The number of rotatable bonds is 11. The minimum atomic E-state index is 1.14. The quantitative estimate of drug-likeness (QED) is 0.0941. The van der Waals surface area contributed by atoms with Crippen molar-refractivity contribution in [2.75, 3.05) is 9.80 Å². The van der Waals surface area contributed by atoms with Crippen molar-refractivity contribution in [1.82, 2.24) is 0 Å². The first-order valence-corrected chi connectivity index (χ1v) is 33.2. The highest BCUT2D eigenvalue weighted by Crippen LogP contribution is 2.53. The van der Waals surface area contributed by atoms with Crippen LogP contribution in [0.4, 0.5) is 34.1 Å². The predicted molar refractivity (Wildman–Crippen MR) is 413 cm³/mol. The molecule has 0 radical (unpaired) electrons. The van der Waals surface area contributed by atoms with Crippen LogP contribution < -0.4 is 9.80 Å². The van der Waals surface area contributed by atoms with Gasteiger partial charge in [-0.3, -0.25) is 0 Å². The van der Waals surface area contributed by atoms with E-state index in [9.17, 15) is 0 Å². The van der Waals surface area contributed by atoms with Crippen molar-refractivity contribution in [3.05, 3.63) is 375 Å². The van der Waals surface area contributed by atoms with Crippen LogP contribution in [0.2, 0.25) is 0 Å². The maximum Gasteiger partial charge on any atom is 0.0540 e. The van der Waals surface area contributed by atoms with Crippen molar-refractivity contribution >= 4 is 110 Å². The van der Waals surface area contributed by atoms with E-state index in [1.807, 2.05) is 0 Å². The van der Waals surface area contributed by atoms with E-state index in [4.69, 9.17) is 0 Å². The average molecular weight is 1220 g/mol. The monoisotopic (exact) mass is 1220 g/mol. The highest BCUT2D eigenvalue weighted by Gasteiger charge is 2.26. The molecule has 0 bridgehead atoms. The van der Waals surface area contributed by atoms with Gasteiger partial charge in [-0.15, -0.1) is 0 Å². The van der Waals surface area contributed by atoms with Crippen molar-refractivity contribution in [3.63, 3.8) is 0 Å². The Balaban J connectivity index is 0.000000147. The van der Waals surface area contributed by atoms with Gasteiger partial charge in [-0.1, -0.05) is 314 Å². The molecular formula is C94H66N2. The number of aryl methyl sites for hydroxylation is 2. The lowest BCUT2D eigenvalue weighted by molar-refractivity contribution is 1.29. The van der Waals surface area contributed by atoms with Crippen LogP contribution in [-0.2, 0) is 0 Å². The van der Waals surface area contributed by atoms with E-state index in [0.29, 0.717) is 0 Å². The highest BCUT2D eigenvalue weighted by atomic mass is 15.1. The normalized spacial score (nSPS) is 11.4. The molecule has 0 amide bonds. The molecule has 0 spiro atoms. The molecule has 0 saturated heterocycles. The number of nitrogens with zero attached hydrogens (tertiary/aromatic N) is 2. The van der Waals surface area contributed by atoms with Gasteiger partial charge in [0, 0.05) is 33.5 Å². The minimum absolute atomic E-state index is 1.14. The summed E-state index contributed by atoms with van der Waals surface area (Å²) in [6.07, 6.45) is 0. The Hall–Kier alpha value is -12.4. The number of hydrogen-bond acceptors (Lipinski definition) is 2. The third kappa shape index (κ3) is 10.1. The molecule has 2 heteroatoms. The van der Waals surface area contributed by atoms with Crippen LogP contribution in [-0.4, -0.2) is 0 Å². The standard InChI is InChI=1S/C52H34.C42H32N2/c1-3-19-35(20-4-1)37-23-7-9-25-39(37)49-41-27-11-15-31-45(41)51(46-32-16-12-28-42(46)49)52-47-33-17-13-29-43(47)50(44-30-14-18-34-48(44)52)40-26-10-8-24-38(40)36-21-5-2-6-22-36;1-29-13-21-35(22-14-29)43(33-9-5-3-6-10-33)39-27-19-31-18-26-38-40(28-20-32-17-25-37(39)41(31)42(32)38)44(34-11-7-4-8-12-34)36-23-15-30(2)16-24-36/h1-34H;3-28H,1-2H3. The fourth-order valence-corrected chi connectivity index (χ4v) is 15.1. The molecule has 0 N–H and O–H groups in total. The van der Waals surface area contributed by atoms with Crippen molar-refractivity contribution in [2.45, 2.75) is 13.8 Å². The molecule has 0 aliphatic rings. The van der Waals surface area contributed by atoms with Crippen LogP contribution in [0.1, 0.15) is 11.1 Å². The van der Waals surface area contributed by atoms with E-state index in [1.54, 1.807) is 0 Å². The maximum absolute atomic E-state index is 2.38. The lowest BCUT2D eigenvalue weighted by Gasteiger charge is -2.29. The number of hydrogen-bond donors (Lipinski definition) is 0. The summed E-state index contributed by atoms with van der Waals surface area (Å²) in [4.78, 5) is 4.77. The van der Waals surface area contributed by atoms with Crippen LogP contribution in [0.3, 0.4) is 0 Å². The van der Waals surface area contributed by atoms with Crippen molar-refractivity contribution in [2.24, 2.45) is 0 Å². The summed E-state index contributed by atoms with van der Waals surface area (Å²) in [5, 5.41) is 17.6. The minimum Gasteiger partial charge on any atom is -0.310 e. The fourth-order valence-electron chi connectivity index (χ4n) is 15.1. The second kappa shape index (κ2) is 24.6. The van der Waals surface area contributed by atoms with E-state index in [-0.39, 0.29) is 0 Å². The van der Waals surface area contributed by atoms with Gasteiger partial charge in [-0.05, 0) is 195 Å². The molecule has 18 aromatic rings. The number of anilines is 6. The lowest BCUT2D eigenvalue weighted by atomic mass is 9.79. The van der Waals surface area contributed by atoms with Gasteiger partial charge in [0.1, 0.15) is 0 Å². The smallest absolute Gasteiger partial charge is 0.0540 e. The van der Waals surface area contributed by atoms with E-state index in [2.05, 4.69) is 388 Å². The second-order valence-corrected chi connectivity index (χ2v) is 25.1. The molecule has 0 aromatic heterocycles. The summed E-state index contributed by atoms with van der Waals surface area (Å²) in [6, 6.07) is 133. The molecule has 0 atom stereocenters. The maximum atomic E-state index is 2.38. The molecule has 96 heavy (non-hydrogen) atoms. The molecule has 18 rings (SSSR count). The van der Waals surface area contributed by atoms with Crippen molar-refractivity contribution in [3.8, 4) is 55.6 Å². The zero-order valence-corrected chi connectivity index (χ0v) is 53.5. The molecule has 2 nitrogen and oxygen atoms in total. The van der Waals surface area contributed by atoms with Gasteiger partial charge in [-0.25, -0.2) is 0 Å². The zero-order chi connectivity index (χ0) is 64.1. The Bertz CT molecular complexity index is 5400. The summed E-state index contributed by atoms with van der Waals surface area (Å²) in [6.45, 7) is 4.28. The van der Waals surface area contributed by atoms with Gasteiger partial charge in [0.25, 0.3) is 0 Å². The van der Waals surface area contributed by atoms with Crippen molar-refractivity contribution in [1.29, 1.82) is 0 Å². The van der Waals surface area contributed by atoms with Gasteiger partial charge < -0.3 is 9.80 Å². The van der Waals surface area contributed by atoms with Gasteiger partial charge in [0.2, 0.25) is 0 Å². The largest absolute Gasteiger partial charge is 0.310 e. The molecule has 0 aliphatic carbocycles. The first-order chi connectivity index (χ1) is 47.5. The Morgan fingerprint density at radius 3 is 0.750 bits per heavy atom. The van der Waals surface area contributed by atoms with Crippen molar-refractivity contribution < 1.29 is 0 Å². The summed E-state index contributed by atoms with van der Waals surface area (Å²) < 4.78 is 0. The van der Waals surface area contributed by atoms with Crippen LogP contribution in [0.15, 0.2) is 364 Å². The number of benzene rings is 18. The molecule has 452 valence electrons. The van der Waals surface area contributed by atoms with Crippen LogP contribution >= 0.6 is 0 Å². The Labute approximate surface area is 560 Å². The number of fused-ring (bicyclic) bond motifs is 4. The second-order valence-electron chi connectivity index (χ2n) is 25.1. The number of para-hydroxylation sites is 2. The summed E-state index contributed by atoms with van der Waals surface area (Å²) in [5.74, 6) is 0. The molecule has 0 fully saturated rings. The van der Waals surface area contributed by atoms with E-state index in [0.717, 1.165) is 22.7 Å².